The zero-order valence-corrected chi connectivity index (χ0v) is 16.0. The van der Waals surface area contributed by atoms with E-state index in [9.17, 15) is 18.4 Å². The Morgan fingerprint density at radius 1 is 1.07 bits per heavy atom. The van der Waals surface area contributed by atoms with Crippen LogP contribution < -0.4 is 0 Å². The number of ether oxygens (including phenoxy) is 1. The van der Waals surface area contributed by atoms with Crippen LogP contribution in [0.2, 0.25) is 0 Å². The van der Waals surface area contributed by atoms with Crippen LogP contribution in [0.1, 0.15) is 28.8 Å². The lowest BCUT2D eigenvalue weighted by atomic mass is 9.96. The van der Waals surface area contributed by atoms with E-state index in [2.05, 4.69) is 15.9 Å². The van der Waals surface area contributed by atoms with Gasteiger partial charge in [-0.05, 0) is 42.7 Å². The summed E-state index contributed by atoms with van der Waals surface area (Å²) in [5, 5.41) is 0. The molecule has 0 aliphatic carbocycles. The maximum Gasteiger partial charge on any atom is 0.309 e. The summed E-state index contributed by atoms with van der Waals surface area (Å²) in [4.78, 5) is 26.1. The van der Waals surface area contributed by atoms with Crippen LogP contribution in [0.15, 0.2) is 46.9 Å². The Labute approximate surface area is 164 Å². The van der Waals surface area contributed by atoms with Gasteiger partial charge in [0, 0.05) is 23.6 Å². The van der Waals surface area contributed by atoms with E-state index in [0.29, 0.717) is 32.0 Å². The molecule has 0 bridgehead atoms. The van der Waals surface area contributed by atoms with Crippen LogP contribution in [0.4, 0.5) is 8.78 Å². The standard InChI is InChI=1S/C20H18BrF2NO3/c21-15-3-1-13(2-4-15)12-27-20(26)14-7-9-24(10-8-14)19(25)17-6-5-16(22)11-18(17)23/h1-6,11,14H,7-10,12H2. The fraction of sp³-hybridized carbons (Fsp3) is 0.300. The zero-order valence-electron chi connectivity index (χ0n) is 14.5. The summed E-state index contributed by atoms with van der Waals surface area (Å²) in [6.45, 7) is 0.855. The van der Waals surface area contributed by atoms with Crippen LogP contribution in [0, 0.1) is 17.6 Å². The fourth-order valence-corrected chi connectivity index (χ4v) is 3.27. The number of nitrogens with zero attached hydrogens (tertiary/aromatic N) is 1. The third-order valence-electron chi connectivity index (χ3n) is 4.57. The van der Waals surface area contributed by atoms with Gasteiger partial charge in [0.25, 0.3) is 5.91 Å². The predicted octanol–water partition coefficient (Wildman–Crippen LogP) is 4.32. The van der Waals surface area contributed by atoms with Gasteiger partial charge in [-0.15, -0.1) is 0 Å². The Bertz CT molecular complexity index is 834. The van der Waals surface area contributed by atoms with Gasteiger partial charge in [0.05, 0.1) is 11.5 Å². The molecule has 1 heterocycles. The second-order valence-electron chi connectivity index (χ2n) is 6.42. The van der Waals surface area contributed by atoms with Crippen molar-refractivity contribution in [1.82, 2.24) is 4.90 Å². The third kappa shape index (κ3) is 4.91. The number of rotatable bonds is 4. The molecular weight excluding hydrogens is 420 g/mol. The number of carbonyl (C=O) groups excluding carboxylic acids is 2. The molecular formula is C20H18BrF2NO3. The lowest BCUT2D eigenvalue weighted by molar-refractivity contribution is -0.151. The minimum atomic E-state index is -0.879. The molecule has 2 aromatic rings. The number of hydrogen-bond acceptors (Lipinski definition) is 3. The first kappa shape index (κ1) is 19.5. The van der Waals surface area contributed by atoms with E-state index < -0.39 is 17.5 Å². The molecule has 0 radical (unpaired) electrons. The van der Waals surface area contributed by atoms with Crippen molar-refractivity contribution in [2.24, 2.45) is 5.92 Å². The molecule has 0 spiro atoms. The van der Waals surface area contributed by atoms with Crippen molar-refractivity contribution in [1.29, 1.82) is 0 Å². The van der Waals surface area contributed by atoms with E-state index >= 15 is 0 Å². The van der Waals surface area contributed by atoms with Crippen LogP contribution in [-0.4, -0.2) is 29.9 Å². The molecule has 0 aromatic heterocycles. The molecule has 1 fully saturated rings. The van der Waals surface area contributed by atoms with Crippen molar-refractivity contribution in [2.75, 3.05) is 13.1 Å². The predicted molar refractivity (Wildman–Crippen MR) is 98.9 cm³/mol. The van der Waals surface area contributed by atoms with Crippen molar-refractivity contribution in [3.8, 4) is 0 Å². The van der Waals surface area contributed by atoms with Gasteiger partial charge in [-0.3, -0.25) is 9.59 Å². The molecule has 3 rings (SSSR count). The summed E-state index contributed by atoms with van der Waals surface area (Å²) in [5.74, 6) is -2.68. The van der Waals surface area contributed by atoms with Gasteiger partial charge in [-0.2, -0.15) is 0 Å². The maximum absolute atomic E-state index is 13.8. The molecule has 1 aliphatic rings. The monoisotopic (exact) mass is 437 g/mol. The van der Waals surface area contributed by atoms with Crippen LogP contribution in [0.3, 0.4) is 0 Å². The van der Waals surface area contributed by atoms with E-state index in [1.807, 2.05) is 24.3 Å². The first-order chi connectivity index (χ1) is 12.9. The fourth-order valence-electron chi connectivity index (χ4n) is 3.00. The minimum Gasteiger partial charge on any atom is -0.461 e. The first-order valence-corrected chi connectivity index (χ1v) is 9.39. The van der Waals surface area contributed by atoms with Gasteiger partial charge in [-0.25, -0.2) is 8.78 Å². The molecule has 2 aromatic carbocycles. The molecule has 0 atom stereocenters. The summed E-state index contributed by atoms with van der Waals surface area (Å²) >= 11 is 3.35. The van der Waals surface area contributed by atoms with Gasteiger partial charge in [-0.1, -0.05) is 28.1 Å². The lowest BCUT2D eigenvalue weighted by Crippen LogP contribution is -2.41. The number of likely N-dealkylation sites (tertiary alicyclic amines) is 1. The van der Waals surface area contributed by atoms with Crippen LogP contribution in [0.5, 0.6) is 0 Å². The van der Waals surface area contributed by atoms with Gasteiger partial charge in [0.2, 0.25) is 0 Å². The van der Waals surface area contributed by atoms with E-state index in [-0.39, 0.29) is 24.1 Å². The summed E-state index contributed by atoms with van der Waals surface area (Å²) < 4.78 is 33.1. The van der Waals surface area contributed by atoms with E-state index in [0.717, 1.165) is 22.2 Å². The van der Waals surface area contributed by atoms with Crippen LogP contribution >= 0.6 is 15.9 Å². The Morgan fingerprint density at radius 2 is 1.74 bits per heavy atom. The number of esters is 1. The van der Waals surface area contributed by atoms with Gasteiger partial charge in [0.1, 0.15) is 18.2 Å². The first-order valence-electron chi connectivity index (χ1n) is 8.59. The molecule has 7 heteroatoms. The smallest absolute Gasteiger partial charge is 0.309 e. The minimum absolute atomic E-state index is 0.160. The van der Waals surface area contributed by atoms with Crippen LogP contribution in [0.25, 0.3) is 0 Å². The van der Waals surface area contributed by atoms with Crippen LogP contribution in [-0.2, 0) is 16.1 Å². The van der Waals surface area contributed by atoms with E-state index in [1.54, 1.807) is 0 Å². The zero-order chi connectivity index (χ0) is 19.4. The Balaban J connectivity index is 1.51. The largest absolute Gasteiger partial charge is 0.461 e. The molecule has 0 N–H and O–H groups in total. The average molecular weight is 438 g/mol. The molecule has 0 saturated carbocycles. The number of halogens is 3. The molecule has 1 amide bonds. The highest BCUT2D eigenvalue weighted by Gasteiger charge is 2.29. The summed E-state index contributed by atoms with van der Waals surface area (Å²) in [6, 6.07) is 10.4. The van der Waals surface area contributed by atoms with Gasteiger partial charge < -0.3 is 9.64 Å². The second kappa shape index (κ2) is 8.61. The van der Waals surface area contributed by atoms with Crippen molar-refractivity contribution in [3.05, 3.63) is 69.7 Å². The normalized spacial score (nSPS) is 14.9. The average Bonchev–Trinajstić information content (AvgIpc) is 2.67. The molecule has 27 heavy (non-hydrogen) atoms. The SMILES string of the molecule is O=C(OCc1ccc(Br)cc1)C1CCN(C(=O)c2ccc(F)cc2F)CC1. The highest BCUT2D eigenvalue weighted by atomic mass is 79.9. The number of carbonyl (C=O) groups is 2. The highest BCUT2D eigenvalue weighted by molar-refractivity contribution is 9.10. The van der Waals surface area contributed by atoms with Crippen molar-refractivity contribution < 1.29 is 23.1 Å². The van der Waals surface area contributed by atoms with E-state index in [4.69, 9.17) is 4.74 Å². The summed E-state index contributed by atoms with van der Waals surface area (Å²) in [6.07, 6.45) is 0.904. The molecule has 0 unspecified atom stereocenters. The van der Waals surface area contributed by atoms with Crippen molar-refractivity contribution in [2.45, 2.75) is 19.4 Å². The summed E-state index contributed by atoms with van der Waals surface area (Å²) in [5.41, 5.74) is 0.735. The molecule has 4 nitrogen and oxygen atoms in total. The highest BCUT2D eigenvalue weighted by Crippen LogP contribution is 2.22. The molecule has 142 valence electrons. The Kier molecular flexibility index (Phi) is 6.21. The Morgan fingerprint density at radius 3 is 2.37 bits per heavy atom. The number of piperidine rings is 1. The Hall–Kier alpha value is -2.28. The third-order valence-corrected chi connectivity index (χ3v) is 5.10. The lowest BCUT2D eigenvalue weighted by Gasteiger charge is -2.31. The molecule has 1 aliphatic heterocycles. The molecule has 1 saturated heterocycles. The van der Waals surface area contributed by atoms with Gasteiger partial charge in [0.15, 0.2) is 0 Å². The topological polar surface area (TPSA) is 46.6 Å². The van der Waals surface area contributed by atoms with Gasteiger partial charge >= 0.3 is 5.97 Å². The quantitative estimate of drug-likeness (QED) is 0.669. The van der Waals surface area contributed by atoms with Crippen molar-refractivity contribution in [3.63, 3.8) is 0 Å². The summed E-state index contributed by atoms with van der Waals surface area (Å²) in [7, 11) is 0. The van der Waals surface area contributed by atoms with E-state index in [1.165, 1.54) is 4.90 Å². The number of amides is 1. The van der Waals surface area contributed by atoms with Crippen molar-refractivity contribution >= 4 is 27.8 Å². The maximum atomic E-state index is 13.8. The number of hydrogen-bond donors (Lipinski definition) is 0. The number of benzene rings is 2. The second-order valence-corrected chi connectivity index (χ2v) is 7.34.